The molecule has 1 amide bonds. The van der Waals surface area contributed by atoms with Gasteiger partial charge < -0.3 is 9.47 Å². The van der Waals surface area contributed by atoms with Gasteiger partial charge in [-0.2, -0.15) is 0 Å². The number of amides is 1. The fourth-order valence-electron chi connectivity index (χ4n) is 3.32. The molecule has 0 spiro atoms. The van der Waals surface area contributed by atoms with Gasteiger partial charge in [0, 0.05) is 11.9 Å². The van der Waals surface area contributed by atoms with Crippen LogP contribution >= 0.6 is 0 Å². The van der Waals surface area contributed by atoms with Crippen LogP contribution in [-0.4, -0.2) is 15.4 Å². The highest BCUT2D eigenvalue weighted by molar-refractivity contribution is 6.01. The summed E-state index contributed by atoms with van der Waals surface area (Å²) in [5.41, 5.74) is 4.17. The third-order valence-corrected chi connectivity index (χ3v) is 4.50. The average molecular weight is 302 g/mol. The predicted molar refractivity (Wildman–Crippen MR) is 92.2 cm³/mol. The second kappa shape index (κ2) is 5.13. The minimum atomic E-state index is -0.140. The number of fused-ring (bicyclic) bond motifs is 3. The fraction of sp³-hybridized carbons (Fsp3) is 0.150. The summed E-state index contributed by atoms with van der Waals surface area (Å²) in [6, 6.07) is 18.4. The lowest BCUT2D eigenvalue weighted by molar-refractivity contribution is 0.0724. The van der Waals surface area contributed by atoms with E-state index in [2.05, 4.69) is 48.4 Å². The Morgan fingerprint density at radius 2 is 1.87 bits per heavy atom. The van der Waals surface area contributed by atoms with Gasteiger partial charge in [-0.1, -0.05) is 54.6 Å². The molecule has 3 nitrogen and oxygen atoms in total. The summed E-state index contributed by atoms with van der Waals surface area (Å²) in [7, 11) is 0. The van der Waals surface area contributed by atoms with Crippen LogP contribution in [0.25, 0.3) is 10.9 Å². The van der Waals surface area contributed by atoms with Gasteiger partial charge in [-0.15, -0.1) is 0 Å². The van der Waals surface area contributed by atoms with Gasteiger partial charge in [0.25, 0.3) is 5.91 Å². The SMILES string of the molecule is C=CC1N(Cc2ccc(C)cc2)C(=O)c2cc3ccccc3n21. The van der Waals surface area contributed by atoms with E-state index in [-0.39, 0.29) is 12.1 Å². The van der Waals surface area contributed by atoms with Crippen LogP contribution in [0.4, 0.5) is 0 Å². The van der Waals surface area contributed by atoms with Crippen LogP contribution < -0.4 is 0 Å². The van der Waals surface area contributed by atoms with E-state index in [4.69, 9.17) is 0 Å². The van der Waals surface area contributed by atoms with Crippen LogP contribution in [0.15, 0.2) is 67.3 Å². The summed E-state index contributed by atoms with van der Waals surface area (Å²) in [6.07, 6.45) is 1.70. The van der Waals surface area contributed by atoms with E-state index in [1.54, 1.807) is 0 Å². The Bertz CT molecular complexity index is 905. The van der Waals surface area contributed by atoms with Gasteiger partial charge >= 0.3 is 0 Å². The molecule has 114 valence electrons. The molecule has 2 heterocycles. The van der Waals surface area contributed by atoms with Gasteiger partial charge in [-0.05, 0) is 30.7 Å². The summed E-state index contributed by atoms with van der Waals surface area (Å²) in [5.74, 6) is 0.0617. The summed E-state index contributed by atoms with van der Waals surface area (Å²) < 4.78 is 2.08. The number of carbonyl (C=O) groups is 1. The molecule has 0 bridgehead atoms. The lowest BCUT2D eigenvalue weighted by atomic mass is 10.1. The van der Waals surface area contributed by atoms with E-state index in [9.17, 15) is 4.79 Å². The zero-order valence-electron chi connectivity index (χ0n) is 13.1. The van der Waals surface area contributed by atoms with Crippen molar-refractivity contribution in [3.05, 3.63) is 84.1 Å². The zero-order chi connectivity index (χ0) is 16.0. The monoisotopic (exact) mass is 302 g/mol. The molecule has 0 radical (unpaired) electrons. The van der Waals surface area contributed by atoms with E-state index < -0.39 is 0 Å². The molecule has 0 aliphatic carbocycles. The Morgan fingerprint density at radius 3 is 2.61 bits per heavy atom. The molecule has 1 aliphatic rings. The Kier molecular flexibility index (Phi) is 3.08. The number of aromatic nitrogens is 1. The van der Waals surface area contributed by atoms with E-state index in [1.807, 2.05) is 35.2 Å². The third-order valence-electron chi connectivity index (χ3n) is 4.50. The fourth-order valence-corrected chi connectivity index (χ4v) is 3.32. The van der Waals surface area contributed by atoms with E-state index >= 15 is 0 Å². The van der Waals surface area contributed by atoms with Crippen LogP contribution in [0.3, 0.4) is 0 Å². The molecule has 23 heavy (non-hydrogen) atoms. The summed E-state index contributed by atoms with van der Waals surface area (Å²) in [5, 5.41) is 1.10. The molecule has 1 unspecified atom stereocenters. The van der Waals surface area contributed by atoms with Crippen LogP contribution in [0.1, 0.15) is 27.8 Å². The smallest absolute Gasteiger partial charge is 0.272 e. The lowest BCUT2D eigenvalue weighted by Gasteiger charge is -2.24. The molecule has 3 heteroatoms. The molecule has 3 aromatic rings. The molecule has 1 aliphatic heterocycles. The van der Waals surface area contributed by atoms with Crippen molar-refractivity contribution < 1.29 is 4.79 Å². The van der Waals surface area contributed by atoms with E-state index in [1.165, 1.54) is 5.56 Å². The van der Waals surface area contributed by atoms with Crippen molar-refractivity contribution >= 4 is 16.8 Å². The van der Waals surface area contributed by atoms with Gasteiger partial charge in [0.15, 0.2) is 0 Å². The van der Waals surface area contributed by atoms with Crippen molar-refractivity contribution in [2.24, 2.45) is 0 Å². The van der Waals surface area contributed by atoms with Crippen molar-refractivity contribution in [3.63, 3.8) is 0 Å². The molecule has 0 saturated heterocycles. The third kappa shape index (κ3) is 2.08. The van der Waals surface area contributed by atoms with Gasteiger partial charge in [0.1, 0.15) is 11.9 Å². The second-order valence-corrected chi connectivity index (χ2v) is 6.03. The highest BCUT2D eigenvalue weighted by Crippen LogP contribution is 2.35. The number of aryl methyl sites for hydroxylation is 1. The Hall–Kier alpha value is -2.81. The zero-order valence-corrected chi connectivity index (χ0v) is 13.1. The number of rotatable bonds is 3. The largest absolute Gasteiger partial charge is 0.312 e. The quantitative estimate of drug-likeness (QED) is 0.663. The highest BCUT2D eigenvalue weighted by atomic mass is 16.2. The second-order valence-electron chi connectivity index (χ2n) is 6.03. The molecule has 1 aromatic heterocycles. The number of benzene rings is 2. The van der Waals surface area contributed by atoms with Gasteiger partial charge in [-0.3, -0.25) is 4.79 Å². The van der Waals surface area contributed by atoms with Crippen molar-refractivity contribution in [3.8, 4) is 0 Å². The summed E-state index contributed by atoms with van der Waals surface area (Å²) >= 11 is 0. The average Bonchev–Trinajstić information content (AvgIpc) is 3.06. The molecule has 1 atom stereocenters. The highest BCUT2D eigenvalue weighted by Gasteiger charge is 2.36. The lowest BCUT2D eigenvalue weighted by Crippen LogP contribution is -2.28. The Morgan fingerprint density at radius 1 is 1.13 bits per heavy atom. The van der Waals surface area contributed by atoms with Gasteiger partial charge in [0.05, 0.1) is 5.52 Å². The number of hydrogen-bond acceptors (Lipinski definition) is 1. The van der Waals surface area contributed by atoms with Crippen LogP contribution in [0.2, 0.25) is 0 Å². The van der Waals surface area contributed by atoms with Gasteiger partial charge in [-0.25, -0.2) is 0 Å². The first-order chi connectivity index (χ1) is 11.2. The first-order valence-corrected chi connectivity index (χ1v) is 7.78. The summed E-state index contributed by atoms with van der Waals surface area (Å²) in [4.78, 5) is 14.7. The molecule has 0 fully saturated rings. The summed E-state index contributed by atoms with van der Waals surface area (Å²) in [6.45, 7) is 6.61. The van der Waals surface area contributed by atoms with Crippen molar-refractivity contribution in [2.75, 3.05) is 0 Å². The first kappa shape index (κ1) is 13.8. The molecule has 0 N–H and O–H groups in total. The van der Waals surface area contributed by atoms with Crippen molar-refractivity contribution in [1.29, 1.82) is 0 Å². The number of carbonyl (C=O) groups excluding carboxylic acids is 1. The molecule has 0 saturated carbocycles. The predicted octanol–water partition coefficient (Wildman–Crippen LogP) is 4.29. The van der Waals surface area contributed by atoms with Crippen LogP contribution in [0.5, 0.6) is 0 Å². The standard InChI is InChI=1S/C20H18N2O/c1-3-19-21(13-15-10-8-14(2)9-11-15)20(23)18-12-16-6-4-5-7-17(16)22(18)19/h3-12,19H,1,13H2,2H3. The number of nitrogens with zero attached hydrogens (tertiary/aromatic N) is 2. The Labute approximate surface area is 135 Å². The molecular formula is C20H18N2O. The minimum Gasteiger partial charge on any atom is -0.312 e. The number of hydrogen-bond donors (Lipinski definition) is 0. The maximum atomic E-state index is 12.9. The Balaban J connectivity index is 1.76. The molecule has 4 rings (SSSR count). The van der Waals surface area contributed by atoms with Crippen molar-refractivity contribution in [1.82, 2.24) is 9.47 Å². The maximum Gasteiger partial charge on any atom is 0.272 e. The van der Waals surface area contributed by atoms with Crippen LogP contribution in [-0.2, 0) is 6.54 Å². The number of para-hydroxylation sites is 1. The van der Waals surface area contributed by atoms with E-state index in [0.29, 0.717) is 6.54 Å². The van der Waals surface area contributed by atoms with Crippen LogP contribution in [0, 0.1) is 6.92 Å². The van der Waals surface area contributed by atoms with Crippen molar-refractivity contribution in [2.45, 2.75) is 19.6 Å². The minimum absolute atomic E-state index is 0.0617. The van der Waals surface area contributed by atoms with Gasteiger partial charge in [0.2, 0.25) is 0 Å². The molecule has 2 aromatic carbocycles. The maximum absolute atomic E-state index is 12.9. The normalized spacial score (nSPS) is 16.8. The topological polar surface area (TPSA) is 25.2 Å². The first-order valence-electron chi connectivity index (χ1n) is 7.78. The molecular weight excluding hydrogens is 284 g/mol. The van der Waals surface area contributed by atoms with E-state index in [0.717, 1.165) is 22.2 Å².